The molecule has 2 heterocycles. The van der Waals surface area contributed by atoms with E-state index in [2.05, 4.69) is 55.6 Å². The van der Waals surface area contributed by atoms with Crippen LogP contribution in [-0.2, 0) is 9.53 Å². The lowest BCUT2D eigenvalue weighted by Crippen LogP contribution is -2.51. The number of nitrogens with one attached hydrogen (secondary N) is 1. The molecule has 5 nitrogen and oxygen atoms in total. The summed E-state index contributed by atoms with van der Waals surface area (Å²) >= 11 is 0. The number of hydrogen-bond acceptors (Lipinski definition) is 4. The smallest absolute Gasteiger partial charge is 0.227 e. The van der Waals surface area contributed by atoms with Crippen LogP contribution in [0.1, 0.15) is 46.5 Å². The number of aliphatic hydroxyl groups excluding tert-OH is 2. The first-order valence-corrected chi connectivity index (χ1v) is 12.1. The molecule has 0 aromatic rings. The molecule has 0 aromatic heterocycles. The highest BCUT2D eigenvalue weighted by molar-refractivity contribution is 5.82. The molecule has 5 heteroatoms. The molecule has 0 saturated carbocycles. The van der Waals surface area contributed by atoms with Gasteiger partial charge >= 0.3 is 0 Å². The Bertz CT molecular complexity index is 854. The van der Waals surface area contributed by atoms with E-state index in [9.17, 15) is 15.0 Å². The number of unbranched alkanes of at least 4 members (excludes halogenated alkanes) is 1. The van der Waals surface area contributed by atoms with Crippen LogP contribution < -0.4 is 5.32 Å². The van der Waals surface area contributed by atoms with Crippen LogP contribution in [0.3, 0.4) is 0 Å². The molecule has 2 aliphatic heterocycles. The molecule has 0 radical (unpaired) electrons. The van der Waals surface area contributed by atoms with Crippen molar-refractivity contribution in [2.24, 2.45) is 23.7 Å². The number of carbonyl (C=O) groups is 1. The summed E-state index contributed by atoms with van der Waals surface area (Å²) < 4.78 is 5.84. The van der Waals surface area contributed by atoms with Crippen LogP contribution in [0.15, 0.2) is 59.8 Å². The van der Waals surface area contributed by atoms with Crippen molar-refractivity contribution in [1.82, 2.24) is 5.32 Å². The number of aliphatic hydroxyl groups is 2. The summed E-state index contributed by atoms with van der Waals surface area (Å²) in [4.78, 5) is 13.3. The Hall–Kier alpha value is -1.95. The maximum atomic E-state index is 13.3. The van der Waals surface area contributed by atoms with Crippen molar-refractivity contribution in [2.75, 3.05) is 0 Å². The molecule has 0 spiro atoms. The van der Waals surface area contributed by atoms with Crippen molar-refractivity contribution in [3.8, 4) is 0 Å². The Morgan fingerprint density at radius 2 is 1.94 bits per heavy atom. The largest absolute Gasteiger partial charge is 0.390 e. The molecule has 4 aliphatic rings. The van der Waals surface area contributed by atoms with E-state index in [-0.39, 0.29) is 36.0 Å². The molecule has 174 valence electrons. The molecule has 0 aromatic carbocycles. The van der Waals surface area contributed by atoms with Gasteiger partial charge in [0.15, 0.2) is 0 Å². The van der Waals surface area contributed by atoms with E-state index in [0.29, 0.717) is 12.8 Å². The number of epoxide rings is 1. The summed E-state index contributed by atoms with van der Waals surface area (Å²) in [6.45, 7) is 6.23. The quantitative estimate of drug-likeness (QED) is 0.462. The van der Waals surface area contributed by atoms with Gasteiger partial charge in [-0.05, 0) is 33.1 Å². The molecule has 2 saturated heterocycles. The fourth-order valence-electron chi connectivity index (χ4n) is 5.59. The zero-order valence-electron chi connectivity index (χ0n) is 19.4. The Morgan fingerprint density at radius 3 is 2.72 bits per heavy atom. The molecular weight excluding hydrogens is 402 g/mol. The van der Waals surface area contributed by atoms with Crippen molar-refractivity contribution in [3.05, 3.63) is 59.8 Å². The van der Waals surface area contributed by atoms with Gasteiger partial charge in [0.2, 0.25) is 5.91 Å². The summed E-state index contributed by atoms with van der Waals surface area (Å²) in [5.41, 5.74) is 2.17. The highest BCUT2D eigenvalue weighted by Crippen LogP contribution is 2.45. The lowest BCUT2D eigenvalue weighted by atomic mass is 9.72. The van der Waals surface area contributed by atoms with Crippen LogP contribution in [0.4, 0.5) is 0 Å². The van der Waals surface area contributed by atoms with Crippen LogP contribution in [0.25, 0.3) is 0 Å². The fourth-order valence-corrected chi connectivity index (χ4v) is 5.59. The lowest BCUT2D eigenvalue weighted by Gasteiger charge is -2.38. The van der Waals surface area contributed by atoms with Crippen molar-refractivity contribution < 1.29 is 19.7 Å². The minimum absolute atomic E-state index is 0.0909. The number of fused-ring (bicyclic) bond motifs is 4. The second-order valence-electron chi connectivity index (χ2n) is 9.81. The molecule has 2 aliphatic carbocycles. The SMILES string of the molecule is CCC/C=C/CC1CC(O)[C@@H](O)[C@H]2/C(C)=C\[C@@H]3C=C[C@H]4O[C@H]4[C@@H]3/C(C)=C\C=C\[C@H]2C(=O)N1. The van der Waals surface area contributed by atoms with E-state index >= 15 is 0 Å². The van der Waals surface area contributed by atoms with Crippen LogP contribution in [0.2, 0.25) is 0 Å². The second-order valence-corrected chi connectivity index (χ2v) is 9.81. The van der Waals surface area contributed by atoms with Gasteiger partial charge in [-0.25, -0.2) is 0 Å². The van der Waals surface area contributed by atoms with Crippen LogP contribution in [0.5, 0.6) is 0 Å². The van der Waals surface area contributed by atoms with Gasteiger partial charge in [-0.15, -0.1) is 0 Å². The van der Waals surface area contributed by atoms with Gasteiger partial charge in [-0.3, -0.25) is 4.79 Å². The molecule has 1 amide bonds. The highest BCUT2D eigenvalue weighted by Gasteiger charge is 2.49. The van der Waals surface area contributed by atoms with Gasteiger partial charge in [0, 0.05) is 23.8 Å². The lowest BCUT2D eigenvalue weighted by molar-refractivity contribution is -0.130. The maximum Gasteiger partial charge on any atom is 0.227 e. The van der Waals surface area contributed by atoms with Gasteiger partial charge in [-0.1, -0.05) is 73.1 Å². The van der Waals surface area contributed by atoms with Gasteiger partial charge in [0.05, 0.1) is 24.2 Å². The highest BCUT2D eigenvalue weighted by atomic mass is 16.6. The number of rotatable bonds is 4. The summed E-state index contributed by atoms with van der Waals surface area (Å²) in [7, 11) is 0. The molecule has 2 unspecified atom stereocenters. The summed E-state index contributed by atoms with van der Waals surface area (Å²) in [6, 6.07) is -0.193. The van der Waals surface area contributed by atoms with Crippen LogP contribution in [-0.4, -0.2) is 46.6 Å². The van der Waals surface area contributed by atoms with Gasteiger partial charge in [-0.2, -0.15) is 0 Å². The second kappa shape index (κ2) is 9.90. The Kier molecular flexibility index (Phi) is 7.18. The van der Waals surface area contributed by atoms with Crippen molar-refractivity contribution in [1.29, 1.82) is 0 Å². The summed E-state index contributed by atoms with van der Waals surface area (Å²) in [5, 5.41) is 25.2. The predicted octanol–water partition coefficient (Wildman–Crippen LogP) is 3.61. The van der Waals surface area contributed by atoms with E-state index in [0.717, 1.165) is 18.4 Å². The van der Waals surface area contributed by atoms with E-state index in [4.69, 9.17) is 4.74 Å². The number of allylic oxidation sites excluding steroid dienone is 5. The number of amides is 1. The number of hydrogen-bond donors (Lipinski definition) is 3. The van der Waals surface area contributed by atoms with Crippen LogP contribution >= 0.6 is 0 Å². The molecule has 0 bridgehead atoms. The zero-order valence-corrected chi connectivity index (χ0v) is 19.4. The third kappa shape index (κ3) is 4.85. The van der Waals surface area contributed by atoms with Crippen LogP contribution in [0, 0.1) is 23.7 Å². The maximum absolute atomic E-state index is 13.3. The van der Waals surface area contributed by atoms with Crippen molar-refractivity contribution in [3.63, 3.8) is 0 Å². The minimum atomic E-state index is -1.01. The molecule has 2 fully saturated rings. The first kappa shape index (κ1) is 23.2. The minimum Gasteiger partial charge on any atom is -0.390 e. The van der Waals surface area contributed by atoms with E-state index in [1.54, 1.807) is 0 Å². The predicted molar refractivity (Wildman–Crippen MR) is 126 cm³/mol. The molecule has 4 rings (SSSR count). The summed E-state index contributed by atoms with van der Waals surface area (Å²) in [5.74, 6) is -0.707. The topological polar surface area (TPSA) is 82.1 Å². The van der Waals surface area contributed by atoms with Gasteiger partial charge in [0.1, 0.15) is 6.10 Å². The summed E-state index contributed by atoms with van der Waals surface area (Å²) in [6.07, 6.45) is 18.1. The van der Waals surface area contributed by atoms with E-state index < -0.39 is 24.0 Å². The standard InChI is InChI=1S/C27H37NO4/c1-4-5-6-7-10-19-15-21(29)25(30)24-17(3)14-18-12-13-22-26(32-22)23(18)16(2)9-8-11-20(24)27(31)28-19/h6-9,11-14,18-26,29-30H,4-5,10,15H2,1-3H3,(H,28,31)/b7-6+,11-8+,16-9-,17-14-/t18-,19?,20+,21?,22+,23+,24-,25+,26+/m0/s1. The Labute approximate surface area is 191 Å². The normalized spacial score (nSPS) is 45.7. The number of carbonyl (C=O) groups excluding carboxylic acids is 1. The fraction of sp³-hybridized carbons (Fsp3) is 0.593. The monoisotopic (exact) mass is 439 g/mol. The Balaban J connectivity index is 1.64. The first-order valence-electron chi connectivity index (χ1n) is 12.1. The van der Waals surface area contributed by atoms with E-state index in [1.165, 1.54) is 5.57 Å². The zero-order chi connectivity index (χ0) is 22.8. The number of ether oxygens (including phenoxy) is 1. The average Bonchev–Trinajstić information content (AvgIpc) is 3.54. The Morgan fingerprint density at radius 1 is 1.12 bits per heavy atom. The molecule has 32 heavy (non-hydrogen) atoms. The third-order valence-corrected chi connectivity index (χ3v) is 7.40. The van der Waals surface area contributed by atoms with Gasteiger partial charge in [0.25, 0.3) is 0 Å². The molecular formula is C27H37NO4. The molecule has 9 atom stereocenters. The van der Waals surface area contributed by atoms with Gasteiger partial charge < -0.3 is 20.3 Å². The van der Waals surface area contributed by atoms with E-state index in [1.807, 2.05) is 19.1 Å². The average molecular weight is 440 g/mol. The molecule has 3 N–H and O–H groups in total. The van der Waals surface area contributed by atoms with Crippen molar-refractivity contribution in [2.45, 2.75) is 76.9 Å². The third-order valence-electron chi connectivity index (χ3n) is 7.40. The first-order chi connectivity index (χ1) is 15.4. The van der Waals surface area contributed by atoms with Crippen molar-refractivity contribution >= 4 is 5.91 Å².